The molecule has 0 aliphatic carbocycles. The van der Waals surface area contributed by atoms with Crippen LogP contribution in [0.3, 0.4) is 0 Å². The Morgan fingerprint density at radius 1 is 0.407 bits per heavy atom. The maximum atomic E-state index is 10.5. The third kappa shape index (κ3) is 22.1. The Morgan fingerprint density at radius 2 is 0.630 bits per heavy atom. The maximum Gasteiger partial charge on any atom is 0.0619 e. The van der Waals surface area contributed by atoms with Crippen LogP contribution >= 0.6 is 0 Å². The molecule has 1 atom stereocenters. The Hall–Kier alpha value is -0.0400. The molecule has 0 aliphatic heterocycles. The first-order valence-corrected chi connectivity index (χ1v) is 12.8. The second-order valence-electron chi connectivity index (χ2n) is 9.36. The van der Waals surface area contributed by atoms with Crippen molar-refractivity contribution in [1.29, 1.82) is 0 Å². The lowest BCUT2D eigenvalue weighted by atomic mass is 9.91. The molecule has 0 saturated carbocycles. The summed E-state index contributed by atoms with van der Waals surface area (Å²) in [4.78, 5) is 0. The molecule has 1 heteroatoms. The highest BCUT2D eigenvalue weighted by molar-refractivity contribution is 4.72. The van der Waals surface area contributed by atoms with E-state index in [4.69, 9.17) is 0 Å². The fourth-order valence-corrected chi connectivity index (χ4v) is 4.11. The molecule has 0 aromatic carbocycles. The number of aliphatic hydroxyl groups is 1. The molecule has 0 aliphatic rings. The van der Waals surface area contributed by atoms with Gasteiger partial charge in [-0.2, -0.15) is 0 Å². The van der Waals surface area contributed by atoms with Crippen molar-refractivity contribution in [3.05, 3.63) is 0 Å². The summed E-state index contributed by atoms with van der Waals surface area (Å²) in [5.74, 6) is 0. The smallest absolute Gasteiger partial charge is 0.0619 e. The van der Waals surface area contributed by atoms with Crippen LogP contribution in [0.1, 0.15) is 162 Å². The lowest BCUT2D eigenvalue weighted by molar-refractivity contribution is 0.0366. The van der Waals surface area contributed by atoms with Crippen LogP contribution in [0.4, 0.5) is 0 Å². The summed E-state index contributed by atoms with van der Waals surface area (Å²) in [6.45, 7) is 6.62. The first kappa shape index (κ1) is 27.0. The van der Waals surface area contributed by atoms with Crippen molar-refractivity contribution in [1.82, 2.24) is 0 Å². The van der Waals surface area contributed by atoms with Crippen molar-refractivity contribution in [3.8, 4) is 0 Å². The summed E-state index contributed by atoms with van der Waals surface area (Å²) < 4.78 is 0. The highest BCUT2D eigenvalue weighted by Gasteiger charge is 2.18. The van der Waals surface area contributed by atoms with E-state index in [1.165, 1.54) is 128 Å². The van der Waals surface area contributed by atoms with E-state index >= 15 is 0 Å². The van der Waals surface area contributed by atoms with Gasteiger partial charge >= 0.3 is 0 Å². The van der Waals surface area contributed by atoms with Crippen molar-refractivity contribution >= 4 is 0 Å². The van der Waals surface area contributed by atoms with Crippen LogP contribution in [0, 0.1) is 0 Å². The van der Waals surface area contributed by atoms with E-state index in [1.54, 1.807) is 0 Å². The van der Waals surface area contributed by atoms with Crippen molar-refractivity contribution in [3.63, 3.8) is 0 Å². The number of hydrogen-bond donors (Lipinski definition) is 1. The minimum absolute atomic E-state index is 0.415. The van der Waals surface area contributed by atoms with E-state index in [1.807, 2.05) is 0 Å². The number of unbranched alkanes of at least 4 members (excludes halogenated alkanes) is 18. The molecule has 1 unspecified atom stereocenters. The van der Waals surface area contributed by atoms with Gasteiger partial charge in [-0.25, -0.2) is 0 Å². The Balaban J connectivity index is 3.28. The van der Waals surface area contributed by atoms with Gasteiger partial charge in [-0.1, -0.05) is 142 Å². The second-order valence-corrected chi connectivity index (χ2v) is 9.36. The first-order chi connectivity index (χ1) is 13.1. The van der Waals surface area contributed by atoms with Gasteiger partial charge in [0.15, 0.2) is 0 Å². The van der Waals surface area contributed by atoms with E-state index in [9.17, 15) is 5.11 Å². The predicted octanol–water partition coefficient (Wildman–Crippen LogP) is 9.36. The number of hydrogen-bond acceptors (Lipinski definition) is 1. The average Bonchev–Trinajstić information content (AvgIpc) is 2.64. The summed E-state index contributed by atoms with van der Waals surface area (Å²) >= 11 is 0. The molecule has 0 saturated heterocycles. The topological polar surface area (TPSA) is 20.2 Å². The summed E-state index contributed by atoms with van der Waals surface area (Å²) in [6.07, 6.45) is 29.5. The Morgan fingerprint density at radius 3 is 0.889 bits per heavy atom. The summed E-state index contributed by atoms with van der Waals surface area (Å²) in [7, 11) is 0. The van der Waals surface area contributed by atoms with Gasteiger partial charge in [0.2, 0.25) is 0 Å². The zero-order valence-corrected chi connectivity index (χ0v) is 19.5. The molecule has 27 heavy (non-hydrogen) atoms. The van der Waals surface area contributed by atoms with Crippen LogP contribution < -0.4 is 0 Å². The largest absolute Gasteiger partial charge is 0.390 e. The van der Waals surface area contributed by atoms with Crippen molar-refractivity contribution in [2.45, 2.75) is 168 Å². The summed E-state index contributed by atoms with van der Waals surface area (Å²) in [5.41, 5.74) is -0.415. The molecule has 0 fully saturated rings. The molecule has 0 spiro atoms. The molecule has 0 amide bonds. The molecule has 0 radical (unpaired) electrons. The lowest BCUT2D eigenvalue weighted by Crippen LogP contribution is -2.23. The molecule has 1 nitrogen and oxygen atoms in total. The van der Waals surface area contributed by atoms with E-state index in [-0.39, 0.29) is 0 Å². The van der Waals surface area contributed by atoms with E-state index in [0.717, 1.165) is 12.8 Å². The van der Waals surface area contributed by atoms with Gasteiger partial charge in [-0.05, 0) is 19.8 Å². The first-order valence-electron chi connectivity index (χ1n) is 12.8. The van der Waals surface area contributed by atoms with Crippen LogP contribution in [0.15, 0.2) is 0 Å². The molecule has 164 valence electrons. The highest BCUT2D eigenvalue weighted by Crippen LogP contribution is 2.23. The molecular formula is C26H54O. The van der Waals surface area contributed by atoms with E-state index < -0.39 is 5.60 Å². The fraction of sp³-hybridized carbons (Fsp3) is 1.00. The Bertz CT molecular complexity index is 271. The highest BCUT2D eigenvalue weighted by atomic mass is 16.3. The van der Waals surface area contributed by atoms with Crippen molar-refractivity contribution in [2.24, 2.45) is 0 Å². The van der Waals surface area contributed by atoms with Gasteiger partial charge in [0.1, 0.15) is 0 Å². The van der Waals surface area contributed by atoms with Crippen molar-refractivity contribution in [2.75, 3.05) is 0 Å². The molecule has 0 aromatic rings. The van der Waals surface area contributed by atoms with Gasteiger partial charge in [-0.15, -0.1) is 0 Å². The van der Waals surface area contributed by atoms with Crippen LogP contribution in [0.2, 0.25) is 0 Å². The van der Waals surface area contributed by atoms with Gasteiger partial charge in [-0.3, -0.25) is 0 Å². The molecule has 0 aromatic heterocycles. The third-order valence-electron chi connectivity index (χ3n) is 6.14. The minimum Gasteiger partial charge on any atom is -0.390 e. The molecule has 0 bridgehead atoms. The standard InChI is InChI=1S/C26H54O/c1-4-6-8-10-12-13-14-15-16-17-19-21-23-25-26(3,27)24-22-20-18-11-9-7-5-2/h27H,4-25H2,1-3H3. The number of rotatable bonds is 22. The van der Waals surface area contributed by atoms with Crippen LogP contribution in [0.5, 0.6) is 0 Å². The lowest BCUT2D eigenvalue weighted by Gasteiger charge is -2.23. The quantitative estimate of drug-likeness (QED) is 0.185. The normalized spacial score (nSPS) is 13.8. The van der Waals surface area contributed by atoms with Gasteiger partial charge < -0.3 is 5.11 Å². The maximum absolute atomic E-state index is 10.5. The van der Waals surface area contributed by atoms with Gasteiger partial charge in [0, 0.05) is 0 Å². The summed E-state index contributed by atoms with van der Waals surface area (Å²) in [6, 6.07) is 0. The monoisotopic (exact) mass is 382 g/mol. The SMILES string of the molecule is CCCCCCCCCCCCCCCC(C)(O)CCCCCCCCC. The van der Waals surface area contributed by atoms with E-state index in [0.29, 0.717) is 0 Å². The minimum atomic E-state index is -0.415. The molecule has 0 heterocycles. The second kappa shape index (κ2) is 20.7. The van der Waals surface area contributed by atoms with Crippen molar-refractivity contribution < 1.29 is 5.11 Å². The zero-order chi connectivity index (χ0) is 20.1. The van der Waals surface area contributed by atoms with Gasteiger partial charge in [0.05, 0.1) is 5.60 Å². The molecule has 1 N–H and O–H groups in total. The van der Waals surface area contributed by atoms with Crippen LogP contribution in [-0.4, -0.2) is 10.7 Å². The molecular weight excluding hydrogens is 328 g/mol. The summed E-state index contributed by atoms with van der Waals surface area (Å²) in [5, 5.41) is 10.5. The van der Waals surface area contributed by atoms with Crippen LogP contribution in [-0.2, 0) is 0 Å². The van der Waals surface area contributed by atoms with Crippen LogP contribution in [0.25, 0.3) is 0 Å². The third-order valence-corrected chi connectivity index (χ3v) is 6.14. The van der Waals surface area contributed by atoms with Gasteiger partial charge in [0.25, 0.3) is 0 Å². The average molecular weight is 383 g/mol. The predicted molar refractivity (Wildman–Crippen MR) is 124 cm³/mol. The van der Waals surface area contributed by atoms with E-state index in [2.05, 4.69) is 20.8 Å². The zero-order valence-electron chi connectivity index (χ0n) is 19.5. The Kier molecular flexibility index (Phi) is 20.7. The molecule has 0 rings (SSSR count). The fourth-order valence-electron chi connectivity index (χ4n) is 4.11. The Labute approximate surface area is 173 Å².